The van der Waals surface area contributed by atoms with Gasteiger partial charge in [-0.25, -0.2) is 0 Å². The van der Waals surface area contributed by atoms with Crippen LogP contribution in [0, 0.1) is 24.0 Å². The molecule has 0 bridgehead atoms. The summed E-state index contributed by atoms with van der Waals surface area (Å²) in [5.74, 6) is -0.415. The Morgan fingerprint density at radius 1 is 1.25 bits per heavy atom. The van der Waals surface area contributed by atoms with Gasteiger partial charge >= 0.3 is 0 Å². The number of anilines is 1. The fraction of sp³-hybridized carbons (Fsp3) is 0.278. The topological polar surface area (TPSA) is 72.7 Å². The molecule has 24 heavy (non-hydrogen) atoms. The molecule has 0 fully saturated rings. The first kappa shape index (κ1) is 16.1. The summed E-state index contributed by atoms with van der Waals surface area (Å²) in [6, 6.07) is 10.5. The molecule has 124 valence electrons. The molecule has 2 aromatic rings. The molecule has 1 unspecified atom stereocenters. The van der Waals surface area contributed by atoms with Crippen LogP contribution in [0.5, 0.6) is 0 Å². The molecular weight excluding hydrogens is 308 g/mol. The maximum Gasteiger partial charge on any atom is 0.282 e. The Hall–Kier alpha value is -2.73. The van der Waals surface area contributed by atoms with Crippen LogP contribution in [0.2, 0.25) is 0 Å². The van der Waals surface area contributed by atoms with E-state index in [0.29, 0.717) is 6.42 Å². The summed E-state index contributed by atoms with van der Waals surface area (Å²) in [4.78, 5) is 25.5. The first-order valence-corrected chi connectivity index (χ1v) is 7.64. The maximum atomic E-state index is 13.1. The molecule has 0 N–H and O–H groups in total. The van der Waals surface area contributed by atoms with Crippen molar-refractivity contribution in [3.63, 3.8) is 0 Å². The molecule has 1 aliphatic rings. The first-order valence-electron chi connectivity index (χ1n) is 7.64. The Bertz CT molecular complexity index is 832. The zero-order valence-corrected chi connectivity index (χ0v) is 13.8. The smallest absolute Gasteiger partial charge is 0.282 e. The SMILES string of the molecule is COC1Cc2ccccc2N1C(=O)c1cc(C)c(C)cc1[N+](=O)[O-]. The predicted molar refractivity (Wildman–Crippen MR) is 90.3 cm³/mol. The molecule has 6 nitrogen and oxygen atoms in total. The van der Waals surface area contributed by atoms with Gasteiger partial charge in [0.05, 0.1) is 10.6 Å². The summed E-state index contributed by atoms with van der Waals surface area (Å²) >= 11 is 0. The molecule has 1 atom stereocenters. The van der Waals surface area contributed by atoms with Crippen molar-refractivity contribution >= 4 is 17.3 Å². The van der Waals surface area contributed by atoms with Gasteiger partial charge in [-0.3, -0.25) is 19.8 Å². The van der Waals surface area contributed by atoms with Crippen LogP contribution in [0.3, 0.4) is 0 Å². The van der Waals surface area contributed by atoms with Gasteiger partial charge in [-0.2, -0.15) is 0 Å². The van der Waals surface area contributed by atoms with E-state index in [0.717, 1.165) is 22.4 Å². The Morgan fingerprint density at radius 2 is 1.92 bits per heavy atom. The van der Waals surface area contributed by atoms with Gasteiger partial charge in [-0.05, 0) is 42.7 Å². The highest BCUT2D eigenvalue weighted by atomic mass is 16.6. The molecule has 1 heterocycles. The van der Waals surface area contributed by atoms with Gasteiger partial charge in [0.1, 0.15) is 11.8 Å². The number of benzene rings is 2. The molecule has 6 heteroatoms. The van der Waals surface area contributed by atoms with E-state index in [4.69, 9.17) is 4.74 Å². The van der Waals surface area contributed by atoms with Crippen molar-refractivity contribution in [1.29, 1.82) is 0 Å². The second-order valence-electron chi connectivity index (χ2n) is 5.91. The van der Waals surface area contributed by atoms with Crippen LogP contribution in [0.25, 0.3) is 0 Å². The van der Waals surface area contributed by atoms with E-state index in [1.807, 2.05) is 31.2 Å². The van der Waals surface area contributed by atoms with E-state index in [-0.39, 0.29) is 11.3 Å². The van der Waals surface area contributed by atoms with Gasteiger partial charge in [-0.15, -0.1) is 0 Å². The lowest BCUT2D eigenvalue weighted by molar-refractivity contribution is -0.385. The van der Waals surface area contributed by atoms with Gasteiger partial charge in [0.2, 0.25) is 0 Å². The summed E-state index contributed by atoms with van der Waals surface area (Å²) in [7, 11) is 1.53. The van der Waals surface area contributed by atoms with Crippen LogP contribution >= 0.6 is 0 Å². The second-order valence-corrected chi connectivity index (χ2v) is 5.91. The van der Waals surface area contributed by atoms with Crippen LogP contribution in [-0.2, 0) is 11.2 Å². The van der Waals surface area contributed by atoms with Crippen molar-refractivity contribution in [3.8, 4) is 0 Å². The van der Waals surface area contributed by atoms with Gasteiger partial charge in [-0.1, -0.05) is 18.2 Å². The number of nitrogens with zero attached hydrogens (tertiary/aromatic N) is 2. The number of amides is 1. The van der Waals surface area contributed by atoms with Crippen molar-refractivity contribution in [1.82, 2.24) is 0 Å². The summed E-state index contributed by atoms with van der Waals surface area (Å²) < 4.78 is 5.44. The highest BCUT2D eigenvalue weighted by Crippen LogP contribution is 2.35. The monoisotopic (exact) mass is 326 g/mol. The largest absolute Gasteiger partial charge is 0.361 e. The lowest BCUT2D eigenvalue weighted by Gasteiger charge is -2.24. The fourth-order valence-corrected chi connectivity index (χ4v) is 3.03. The third-order valence-corrected chi connectivity index (χ3v) is 4.46. The predicted octanol–water partition coefficient (Wildman–Crippen LogP) is 3.39. The zero-order chi connectivity index (χ0) is 17.4. The van der Waals surface area contributed by atoms with Crippen molar-refractivity contribution in [3.05, 3.63) is 68.8 Å². The number of carbonyl (C=O) groups is 1. The van der Waals surface area contributed by atoms with Crippen molar-refractivity contribution in [2.75, 3.05) is 12.0 Å². The molecule has 0 saturated carbocycles. The number of nitro benzene ring substituents is 1. The number of ether oxygens (including phenoxy) is 1. The first-order chi connectivity index (χ1) is 11.4. The highest BCUT2D eigenvalue weighted by Gasteiger charge is 2.36. The minimum absolute atomic E-state index is 0.0850. The van der Waals surface area contributed by atoms with Crippen LogP contribution < -0.4 is 4.90 Å². The number of para-hydroxylation sites is 1. The highest BCUT2D eigenvalue weighted by molar-refractivity contribution is 6.10. The summed E-state index contributed by atoms with van der Waals surface area (Å²) in [6.45, 7) is 3.63. The average molecular weight is 326 g/mol. The lowest BCUT2D eigenvalue weighted by Crippen LogP contribution is -2.39. The van der Waals surface area contributed by atoms with Crippen molar-refractivity contribution in [2.45, 2.75) is 26.5 Å². The van der Waals surface area contributed by atoms with Crippen LogP contribution in [0.15, 0.2) is 36.4 Å². The van der Waals surface area contributed by atoms with E-state index < -0.39 is 17.1 Å². The number of aryl methyl sites for hydroxylation is 2. The molecule has 0 spiro atoms. The third-order valence-electron chi connectivity index (χ3n) is 4.46. The van der Waals surface area contributed by atoms with Crippen molar-refractivity contribution < 1.29 is 14.5 Å². The van der Waals surface area contributed by atoms with Gasteiger partial charge in [0.15, 0.2) is 0 Å². The number of methoxy groups -OCH3 is 1. The van der Waals surface area contributed by atoms with E-state index in [1.165, 1.54) is 18.1 Å². The molecule has 0 radical (unpaired) electrons. The van der Waals surface area contributed by atoms with E-state index in [2.05, 4.69) is 0 Å². The number of nitro groups is 1. The number of rotatable bonds is 3. The van der Waals surface area contributed by atoms with E-state index in [9.17, 15) is 14.9 Å². The maximum absolute atomic E-state index is 13.1. The Morgan fingerprint density at radius 3 is 2.58 bits per heavy atom. The Labute approximate surface area is 139 Å². The lowest BCUT2D eigenvalue weighted by atomic mass is 10.0. The molecule has 3 rings (SSSR count). The van der Waals surface area contributed by atoms with Crippen LogP contribution in [-0.4, -0.2) is 24.2 Å². The quantitative estimate of drug-likeness (QED) is 0.640. The number of hydrogen-bond donors (Lipinski definition) is 0. The number of fused-ring (bicyclic) bond motifs is 1. The van der Waals surface area contributed by atoms with Gasteiger partial charge in [0, 0.05) is 19.6 Å². The normalized spacial score (nSPS) is 16.1. The summed E-state index contributed by atoms with van der Waals surface area (Å²) in [5.41, 5.74) is 3.25. The number of hydrogen-bond acceptors (Lipinski definition) is 4. The van der Waals surface area contributed by atoms with Crippen LogP contribution in [0.4, 0.5) is 11.4 Å². The molecule has 0 aliphatic carbocycles. The van der Waals surface area contributed by atoms with E-state index >= 15 is 0 Å². The fourth-order valence-electron chi connectivity index (χ4n) is 3.03. The van der Waals surface area contributed by atoms with Gasteiger partial charge < -0.3 is 4.74 Å². The third kappa shape index (κ3) is 2.55. The minimum atomic E-state index is -0.510. The second kappa shape index (κ2) is 6.05. The van der Waals surface area contributed by atoms with Gasteiger partial charge in [0.25, 0.3) is 11.6 Å². The molecule has 2 aromatic carbocycles. The van der Waals surface area contributed by atoms with E-state index in [1.54, 1.807) is 13.0 Å². The Balaban J connectivity index is 2.12. The molecule has 0 aromatic heterocycles. The molecular formula is C18H18N2O4. The standard InChI is InChI=1S/C18H18N2O4/c1-11-8-14(16(20(22)23)9-12(11)2)18(21)19-15-7-5-4-6-13(15)10-17(19)24-3/h4-9,17H,10H2,1-3H3. The molecule has 1 amide bonds. The average Bonchev–Trinajstić information content (AvgIpc) is 2.94. The minimum Gasteiger partial charge on any atom is -0.361 e. The Kier molecular flexibility index (Phi) is 4.07. The summed E-state index contributed by atoms with van der Waals surface area (Å²) in [6.07, 6.45) is 0.105. The zero-order valence-electron chi connectivity index (χ0n) is 13.8. The number of carbonyl (C=O) groups excluding carboxylic acids is 1. The van der Waals surface area contributed by atoms with Crippen molar-refractivity contribution in [2.24, 2.45) is 0 Å². The van der Waals surface area contributed by atoms with Crippen LogP contribution in [0.1, 0.15) is 27.0 Å². The molecule has 0 saturated heterocycles. The summed E-state index contributed by atoms with van der Waals surface area (Å²) in [5, 5.41) is 11.4. The molecule has 1 aliphatic heterocycles.